The molecule has 5 heteroatoms. The van der Waals surface area contributed by atoms with Gasteiger partial charge in [-0.15, -0.1) is 0 Å². The number of rotatable bonds is 7. The quantitative estimate of drug-likeness (QED) is 0.654. The second kappa shape index (κ2) is 7.95. The zero-order chi connectivity index (χ0) is 14.3. The van der Waals surface area contributed by atoms with Gasteiger partial charge in [0.15, 0.2) is 0 Å². The molecule has 2 amide bonds. The van der Waals surface area contributed by atoms with Crippen LogP contribution in [0.1, 0.15) is 41.0 Å². The molecule has 0 radical (unpaired) electrons. The van der Waals surface area contributed by atoms with Crippen LogP contribution < -0.4 is 10.6 Å². The Morgan fingerprint density at radius 3 is 2.06 bits per heavy atom. The molecule has 3 atom stereocenters. The number of hydrogen-bond donors (Lipinski definition) is 3. The van der Waals surface area contributed by atoms with Crippen molar-refractivity contribution in [3.05, 3.63) is 0 Å². The molecule has 18 heavy (non-hydrogen) atoms. The highest BCUT2D eigenvalue weighted by Gasteiger charge is 2.25. The molecule has 0 heterocycles. The highest BCUT2D eigenvalue weighted by molar-refractivity contribution is 5.82. The molecule has 0 saturated carbocycles. The zero-order valence-corrected chi connectivity index (χ0v) is 12.0. The summed E-state index contributed by atoms with van der Waals surface area (Å²) in [6, 6.07) is -1.24. The van der Waals surface area contributed by atoms with Crippen molar-refractivity contribution in [1.29, 1.82) is 0 Å². The van der Waals surface area contributed by atoms with Gasteiger partial charge in [0.05, 0.1) is 0 Å². The number of carbonyl (C=O) groups is 2. The van der Waals surface area contributed by atoms with Crippen LogP contribution in [0.3, 0.4) is 0 Å². The molecule has 0 aliphatic heterocycles. The van der Waals surface area contributed by atoms with Gasteiger partial charge in [0.25, 0.3) is 0 Å². The van der Waals surface area contributed by atoms with Crippen LogP contribution in [0, 0.1) is 17.8 Å². The molecular formula is C13H26N2O3. The minimum absolute atomic E-state index is 0.0872. The van der Waals surface area contributed by atoms with Crippen molar-refractivity contribution in [3.63, 3.8) is 0 Å². The molecule has 0 aliphatic rings. The Morgan fingerprint density at radius 2 is 1.67 bits per heavy atom. The molecule has 0 aromatic rings. The summed E-state index contributed by atoms with van der Waals surface area (Å²) in [5.41, 5.74) is 0. The lowest BCUT2D eigenvalue weighted by atomic mass is 9.98. The number of nitrogens with one attached hydrogen (secondary N) is 2. The van der Waals surface area contributed by atoms with Crippen LogP contribution in [0.25, 0.3) is 0 Å². The lowest BCUT2D eigenvalue weighted by molar-refractivity contribution is -0.140. The normalized spacial score (nSPS) is 15.9. The average Bonchev–Trinajstić information content (AvgIpc) is 2.31. The van der Waals surface area contributed by atoms with Crippen molar-refractivity contribution in [3.8, 4) is 0 Å². The maximum absolute atomic E-state index is 11.6. The smallest absolute Gasteiger partial charge is 0.326 e. The lowest BCUT2D eigenvalue weighted by Gasteiger charge is -2.22. The number of carbonyl (C=O) groups excluding carboxylic acids is 1. The van der Waals surface area contributed by atoms with Gasteiger partial charge in [0, 0.05) is 6.54 Å². The van der Waals surface area contributed by atoms with E-state index in [0.29, 0.717) is 24.8 Å². The van der Waals surface area contributed by atoms with Gasteiger partial charge in [-0.05, 0) is 17.8 Å². The molecule has 106 valence electrons. The van der Waals surface area contributed by atoms with Gasteiger partial charge in [0.2, 0.25) is 0 Å². The molecule has 0 aromatic heterocycles. The van der Waals surface area contributed by atoms with Gasteiger partial charge in [-0.3, -0.25) is 0 Å². The predicted molar refractivity (Wildman–Crippen MR) is 71.4 cm³/mol. The maximum atomic E-state index is 11.6. The van der Waals surface area contributed by atoms with Gasteiger partial charge < -0.3 is 15.7 Å². The van der Waals surface area contributed by atoms with Crippen molar-refractivity contribution in [2.75, 3.05) is 6.54 Å². The Hall–Kier alpha value is -1.26. The number of hydrogen-bond acceptors (Lipinski definition) is 2. The fourth-order valence-electron chi connectivity index (χ4n) is 1.36. The van der Waals surface area contributed by atoms with E-state index in [1.807, 2.05) is 20.8 Å². The number of aliphatic carboxylic acids is 1. The molecule has 0 saturated heterocycles. The number of carboxylic acid groups (broad SMARTS) is 1. The van der Waals surface area contributed by atoms with Gasteiger partial charge in [0.1, 0.15) is 6.04 Å². The molecule has 0 fully saturated rings. The summed E-state index contributed by atoms with van der Waals surface area (Å²) in [5.74, 6) is -0.232. The van der Waals surface area contributed by atoms with E-state index < -0.39 is 18.0 Å². The van der Waals surface area contributed by atoms with Crippen LogP contribution >= 0.6 is 0 Å². The Balaban J connectivity index is 4.23. The average molecular weight is 258 g/mol. The van der Waals surface area contributed by atoms with Crippen LogP contribution in [0.15, 0.2) is 0 Å². The molecule has 5 nitrogen and oxygen atoms in total. The third-order valence-electron chi connectivity index (χ3n) is 3.49. The second-order valence-corrected chi connectivity index (χ2v) is 5.28. The minimum atomic E-state index is -0.989. The number of carboxylic acids is 1. The number of urea groups is 1. The molecular weight excluding hydrogens is 232 g/mol. The Bertz CT molecular complexity index is 279. The first-order valence-corrected chi connectivity index (χ1v) is 6.56. The summed E-state index contributed by atoms with van der Waals surface area (Å²) in [4.78, 5) is 22.7. The van der Waals surface area contributed by atoms with Gasteiger partial charge in [-0.2, -0.15) is 0 Å². The van der Waals surface area contributed by atoms with Crippen molar-refractivity contribution in [1.82, 2.24) is 10.6 Å². The van der Waals surface area contributed by atoms with E-state index in [0.717, 1.165) is 0 Å². The maximum Gasteiger partial charge on any atom is 0.326 e. The van der Waals surface area contributed by atoms with E-state index in [1.165, 1.54) is 0 Å². The van der Waals surface area contributed by atoms with E-state index in [2.05, 4.69) is 24.5 Å². The fourth-order valence-corrected chi connectivity index (χ4v) is 1.36. The van der Waals surface area contributed by atoms with Crippen LogP contribution in [-0.4, -0.2) is 29.7 Å². The van der Waals surface area contributed by atoms with E-state index in [-0.39, 0.29) is 5.92 Å². The van der Waals surface area contributed by atoms with Crippen molar-refractivity contribution in [2.45, 2.75) is 47.1 Å². The highest BCUT2D eigenvalue weighted by atomic mass is 16.4. The lowest BCUT2D eigenvalue weighted by Crippen LogP contribution is -2.49. The molecule has 0 spiro atoms. The second-order valence-electron chi connectivity index (χ2n) is 5.28. The zero-order valence-electron chi connectivity index (χ0n) is 12.0. The first kappa shape index (κ1) is 16.7. The largest absolute Gasteiger partial charge is 0.480 e. The van der Waals surface area contributed by atoms with Crippen molar-refractivity contribution >= 4 is 12.0 Å². The predicted octanol–water partition coefficient (Wildman–Crippen LogP) is 2.08. The Labute approximate surface area is 109 Å². The topological polar surface area (TPSA) is 78.4 Å². The third-order valence-corrected chi connectivity index (χ3v) is 3.49. The summed E-state index contributed by atoms with van der Waals surface area (Å²) in [6.07, 6.45) is 0.708. The molecule has 0 rings (SSSR count). The Morgan fingerprint density at radius 1 is 1.11 bits per heavy atom. The summed E-state index contributed by atoms with van der Waals surface area (Å²) >= 11 is 0. The first-order chi connectivity index (χ1) is 8.29. The monoisotopic (exact) mass is 258 g/mol. The SMILES string of the molecule is CCC(C)C(NC(=O)NCC(C)C(C)C)C(=O)O. The Kier molecular flexibility index (Phi) is 7.39. The molecule has 0 aromatic carbocycles. The first-order valence-electron chi connectivity index (χ1n) is 6.56. The van der Waals surface area contributed by atoms with Gasteiger partial charge >= 0.3 is 12.0 Å². The van der Waals surface area contributed by atoms with Crippen LogP contribution in [0.2, 0.25) is 0 Å². The standard InChI is InChI=1S/C13H26N2O3/c1-6-9(4)11(12(16)17)15-13(18)14-7-10(5)8(2)3/h8-11H,6-7H2,1-5H3,(H,16,17)(H2,14,15,18). The molecule has 3 unspecified atom stereocenters. The van der Waals surface area contributed by atoms with E-state index in [9.17, 15) is 9.59 Å². The fraction of sp³-hybridized carbons (Fsp3) is 0.846. The summed E-state index contributed by atoms with van der Waals surface area (Å²) in [5, 5.41) is 14.3. The van der Waals surface area contributed by atoms with E-state index in [1.54, 1.807) is 0 Å². The summed E-state index contributed by atoms with van der Waals surface area (Å²) in [7, 11) is 0. The summed E-state index contributed by atoms with van der Waals surface area (Å²) in [6.45, 7) is 10.5. The van der Waals surface area contributed by atoms with Gasteiger partial charge in [-0.25, -0.2) is 9.59 Å². The molecule has 0 bridgehead atoms. The van der Waals surface area contributed by atoms with E-state index >= 15 is 0 Å². The van der Waals surface area contributed by atoms with E-state index in [4.69, 9.17) is 5.11 Å². The highest BCUT2D eigenvalue weighted by Crippen LogP contribution is 2.09. The summed E-state index contributed by atoms with van der Waals surface area (Å²) < 4.78 is 0. The van der Waals surface area contributed by atoms with Crippen molar-refractivity contribution in [2.24, 2.45) is 17.8 Å². The van der Waals surface area contributed by atoms with Crippen LogP contribution in [0.4, 0.5) is 4.79 Å². The van der Waals surface area contributed by atoms with Crippen LogP contribution in [-0.2, 0) is 4.79 Å². The van der Waals surface area contributed by atoms with Crippen LogP contribution in [0.5, 0.6) is 0 Å². The number of amides is 2. The molecule has 3 N–H and O–H groups in total. The third kappa shape index (κ3) is 5.89. The van der Waals surface area contributed by atoms with Gasteiger partial charge in [-0.1, -0.05) is 41.0 Å². The van der Waals surface area contributed by atoms with Crippen molar-refractivity contribution < 1.29 is 14.7 Å². The minimum Gasteiger partial charge on any atom is -0.480 e. The molecule has 0 aliphatic carbocycles.